The number of benzene rings is 2. The van der Waals surface area contributed by atoms with Gasteiger partial charge in [0.15, 0.2) is 12.4 Å². The first kappa shape index (κ1) is 22.4. The molecule has 10 heteroatoms. The van der Waals surface area contributed by atoms with Crippen molar-refractivity contribution in [2.75, 3.05) is 11.9 Å². The van der Waals surface area contributed by atoms with Crippen molar-refractivity contribution in [3.63, 3.8) is 0 Å². The van der Waals surface area contributed by atoms with Crippen LogP contribution >= 0.6 is 0 Å². The minimum absolute atomic E-state index is 0.0650. The molecule has 170 valence electrons. The number of nitrogens with one attached hydrogen (secondary N) is 1. The Labute approximate surface area is 194 Å². The number of nitrogens with zero attached hydrogens (tertiary/aromatic N) is 5. The standard InChI is InChI=1S/C24H20N6O4/c1-16-6-5-9-19-22(16)26-15-29(24(19)33)11-10-21(32)34-14-20(31)28-23-17(12-25)13-27-30(23)18-7-3-2-4-8-18/h2-9,13,15H,10-11,14H2,1H3,(H,28,31). The molecule has 0 radical (unpaired) electrons. The van der Waals surface area contributed by atoms with Gasteiger partial charge in [-0.05, 0) is 30.7 Å². The van der Waals surface area contributed by atoms with Crippen molar-refractivity contribution in [1.29, 1.82) is 5.26 Å². The van der Waals surface area contributed by atoms with Gasteiger partial charge in [-0.3, -0.25) is 19.0 Å². The fourth-order valence-corrected chi connectivity index (χ4v) is 3.41. The highest BCUT2D eigenvalue weighted by Crippen LogP contribution is 2.19. The summed E-state index contributed by atoms with van der Waals surface area (Å²) in [6, 6.07) is 16.3. The first-order valence-corrected chi connectivity index (χ1v) is 10.4. The van der Waals surface area contributed by atoms with E-state index in [2.05, 4.69) is 15.4 Å². The van der Waals surface area contributed by atoms with E-state index >= 15 is 0 Å². The first-order valence-electron chi connectivity index (χ1n) is 10.4. The maximum absolute atomic E-state index is 12.6. The second-order valence-corrected chi connectivity index (χ2v) is 7.44. The average Bonchev–Trinajstić information content (AvgIpc) is 3.25. The lowest BCUT2D eigenvalue weighted by Gasteiger charge is -2.10. The molecule has 4 rings (SSSR count). The van der Waals surface area contributed by atoms with Gasteiger partial charge in [-0.2, -0.15) is 10.4 Å². The number of aromatic nitrogens is 4. The Morgan fingerprint density at radius 3 is 2.71 bits per heavy atom. The summed E-state index contributed by atoms with van der Waals surface area (Å²) in [5.41, 5.74) is 2.08. The maximum atomic E-state index is 12.6. The van der Waals surface area contributed by atoms with Crippen LogP contribution in [-0.2, 0) is 20.9 Å². The molecule has 34 heavy (non-hydrogen) atoms. The highest BCUT2D eigenvalue weighted by molar-refractivity contribution is 5.93. The average molecular weight is 456 g/mol. The Morgan fingerprint density at radius 2 is 1.94 bits per heavy atom. The molecule has 4 aromatic rings. The quantitative estimate of drug-likeness (QED) is 0.422. The molecule has 0 aliphatic carbocycles. The van der Waals surface area contributed by atoms with E-state index < -0.39 is 18.5 Å². The lowest BCUT2D eigenvalue weighted by atomic mass is 10.1. The van der Waals surface area contributed by atoms with Crippen LogP contribution in [0.4, 0.5) is 5.82 Å². The fourth-order valence-electron chi connectivity index (χ4n) is 3.41. The fraction of sp³-hybridized carbons (Fsp3) is 0.167. The van der Waals surface area contributed by atoms with Gasteiger partial charge in [-0.1, -0.05) is 30.3 Å². The van der Waals surface area contributed by atoms with Crippen molar-refractivity contribution in [3.8, 4) is 11.8 Å². The van der Waals surface area contributed by atoms with Crippen LogP contribution in [0.15, 0.2) is 65.8 Å². The highest BCUT2D eigenvalue weighted by Gasteiger charge is 2.16. The zero-order valence-corrected chi connectivity index (χ0v) is 18.3. The van der Waals surface area contributed by atoms with Gasteiger partial charge >= 0.3 is 5.97 Å². The number of nitriles is 1. The summed E-state index contributed by atoms with van der Waals surface area (Å²) in [7, 11) is 0. The summed E-state index contributed by atoms with van der Waals surface area (Å²) in [6.45, 7) is 1.39. The van der Waals surface area contributed by atoms with E-state index in [1.807, 2.05) is 25.1 Å². The van der Waals surface area contributed by atoms with Gasteiger partial charge in [-0.15, -0.1) is 0 Å². The Hall–Kier alpha value is -4.78. The molecule has 0 bridgehead atoms. The van der Waals surface area contributed by atoms with Gasteiger partial charge in [-0.25, -0.2) is 9.67 Å². The van der Waals surface area contributed by atoms with Gasteiger partial charge < -0.3 is 10.1 Å². The number of fused-ring (bicyclic) bond motifs is 1. The number of ether oxygens (including phenoxy) is 1. The van der Waals surface area contributed by atoms with Crippen molar-refractivity contribution >= 4 is 28.6 Å². The maximum Gasteiger partial charge on any atom is 0.308 e. The van der Waals surface area contributed by atoms with E-state index in [1.165, 1.54) is 21.8 Å². The minimum atomic E-state index is -0.650. The number of amides is 1. The third-order valence-corrected chi connectivity index (χ3v) is 5.12. The monoisotopic (exact) mass is 456 g/mol. The van der Waals surface area contributed by atoms with Crippen LogP contribution in [-0.4, -0.2) is 37.8 Å². The van der Waals surface area contributed by atoms with Crippen molar-refractivity contribution in [2.45, 2.75) is 19.9 Å². The van der Waals surface area contributed by atoms with E-state index in [0.717, 1.165) is 5.56 Å². The molecule has 0 spiro atoms. The molecular formula is C24H20N6O4. The zero-order valence-electron chi connectivity index (χ0n) is 18.3. The third kappa shape index (κ3) is 4.68. The predicted molar refractivity (Wildman–Crippen MR) is 123 cm³/mol. The summed E-state index contributed by atoms with van der Waals surface area (Å²) in [5, 5.41) is 16.5. The van der Waals surface area contributed by atoms with Gasteiger partial charge in [0.25, 0.3) is 11.5 Å². The largest absolute Gasteiger partial charge is 0.456 e. The van der Waals surface area contributed by atoms with Crippen LogP contribution in [0.2, 0.25) is 0 Å². The van der Waals surface area contributed by atoms with Gasteiger partial charge in [0.05, 0.1) is 35.5 Å². The second kappa shape index (κ2) is 9.79. The number of hydrogen-bond donors (Lipinski definition) is 1. The second-order valence-electron chi connectivity index (χ2n) is 7.44. The van der Waals surface area contributed by atoms with Crippen LogP contribution < -0.4 is 10.9 Å². The smallest absolute Gasteiger partial charge is 0.308 e. The Bertz CT molecular complexity index is 1470. The summed E-state index contributed by atoms with van der Waals surface area (Å²) in [4.78, 5) is 41.4. The number of esters is 1. The number of carbonyl (C=O) groups is 2. The van der Waals surface area contributed by atoms with Crippen molar-refractivity contribution in [3.05, 3.63) is 82.5 Å². The van der Waals surface area contributed by atoms with Crippen molar-refractivity contribution < 1.29 is 14.3 Å². The number of carbonyl (C=O) groups excluding carboxylic acids is 2. The first-order chi connectivity index (χ1) is 16.5. The predicted octanol–water partition coefficient (Wildman–Crippen LogP) is 2.33. The van der Waals surface area contributed by atoms with Crippen LogP contribution in [0.25, 0.3) is 16.6 Å². The Morgan fingerprint density at radius 1 is 1.15 bits per heavy atom. The highest BCUT2D eigenvalue weighted by atomic mass is 16.5. The molecule has 1 N–H and O–H groups in total. The van der Waals surface area contributed by atoms with E-state index in [9.17, 15) is 19.6 Å². The molecule has 0 aliphatic heterocycles. The molecule has 10 nitrogen and oxygen atoms in total. The van der Waals surface area contributed by atoms with Gasteiger partial charge in [0.1, 0.15) is 11.6 Å². The summed E-state index contributed by atoms with van der Waals surface area (Å²) in [5.74, 6) is -1.09. The normalized spacial score (nSPS) is 10.6. The lowest BCUT2D eigenvalue weighted by molar-refractivity contribution is -0.147. The third-order valence-electron chi connectivity index (χ3n) is 5.12. The minimum Gasteiger partial charge on any atom is -0.456 e. The summed E-state index contributed by atoms with van der Waals surface area (Å²) < 4.78 is 7.79. The Balaban J connectivity index is 1.36. The molecule has 0 atom stereocenters. The number of hydrogen-bond acceptors (Lipinski definition) is 7. The summed E-state index contributed by atoms with van der Waals surface area (Å²) in [6.07, 6.45) is 2.62. The number of rotatable bonds is 7. The molecule has 0 fully saturated rings. The number of aryl methyl sites for hydroxylation is 2. The summed E-state index contributed by atoms with van der Waals surface area (Å²) >= 11 is 0. The van der Waals surface area contributed by atoms with Crippen molar-refractivity contribution in [1.82, 2.24) is 19.3 Å². The van der Waals surface area contributed by atoms with Crippen LogP contribution in [0.3, 0.4) is 0 Å². The molecule has 2 heterocycles. The molecule has 0 aliphatic rings. The van der Waals surface area contributed by atoms with E-state index in [0.29, 0.717) is 16.6 Å². The molecular weight excluding hydrogens is 436 g/mol. The molecule has 0 saturated heterocycles. The lowest BCUT2D eigenvalue weighted by Crippen LogP contribution is -2.25. The van der Waals surface area contributed by atoms with E-state index in [-0.39, 0.29) is 29.9 Å². The SMILES string of the molecule is Cc1cccc2c(=O)n(CCC(=O)OCC(=O)Nc3c(C#N)cnn3-c3ccccc3)cnc12. The van der Waals surface area contributed by atoms with Gasteiger partial charge in [0.2, 0.25) is 0 Å². The molecule has 2 aromatic heterocycles. The van der Waals surface area contributed by atoms with Crippen LogP contribution in [0.5, 0.6) is 0 Å². The number of anilines is 1. The topological polar surface area (TPSA) is 132 Å². The van der Waals surface area contributed by atoms with E-state index in [4.69, 9.17) is 4.74 Å². The zero-order chi connectivity index (χ0) is 24.1. The van der Waals surface area contributed by atoms with Crippen molar-refractivity contribution in [2.24, 2.45) is 0 Å². The van der Waals surface area contributed by atoms with Gasteiger partial charge in [0, 0.05) is 6.54 Å². The molecule has 0 saturated carbocycles. The number of para-hydroxylation sites is 2. The Kier molecular flexibility index (Phi) is 6.45. The molecule has 1 amide bonds. The van der Waals surface area contributed by atoms with Crippen LogP contribution in [0.1, 0.15) is 17.5 Å². The van der Waals surface area contributed by atoms with Crippen LogP contribution in [0, 0.1) is 18.3 Å². The molecule has 0 unspecified atom stereocenters. The molecule has 2 aromatic carbocycles. The van der Waals surface area contributed by atoms with E-state index in [1.54, 1.807) is 36.4 Å².